The average molecular weight is 418 g/mol. The molecule has 1 saturated heterocycles. The van der Waals surface area contributed by atoms with Crippen LogP contribution in [0.5, 0.6) is 5.75 Å². The molecule has 1 aliphatic rings. The van der Waals surface area contributed by atoms with Crippen molar-refractivity contribution in [1.82, 2.24) is 10.0 Å². The summed E-state index contributed by atoms with van der Waals surface area (Å²) in [7, 11) is -2.27. The van der Waals surface area contributed by atoms with Crippen LogP contribution in [-0.4, -0.2) is 47.1 Å². The summed E-state index contributed by atoms with van der Waals surface area (Å²) in [4.78, 5) is 14.8. The highest BCUT2D eigenvalue weighted by Crippen LogP contribution is 2.23. The van der Waals surface area contributed by atoms with Crippen molar-refractivity contribution < 1.29 is 17.9 Å². The molecule has 0 spiro atoms. The molecule has 2 atom stereocenters. The standard InChI is InChI=1S/C21H27N3O4S/c1-16(23-29(26,27)20-10-8-19(28-2)9-11-20)21(25)22-14-17-12-13-24(15-17)18-6-4-3-5-7-18/h3-11,16-17,23H,12-15H2,1-2H3,(H,22,25)/t16-,17?/m0/s1. The van der Waals surface area contributed by atoms with Crippen LogP contribution in [0, 0.1) is 5.92 Å². The third kappa shape index (κ3) is 5.48. The first-order valence-electron chi connectivity index (χ1n) is 9.63. The topological polar surface area (TPSA) is 87.7 Å². The van der Waals surface area contributed by atoms with Gasteiger partial charge in [-0.3, -0.25) is 4.79 Å². The van der Waals surface area contributed by atoms with E-state index in [1.165, 1.54) is 24.9 Å². The second-order valence-corrected chi connectivity index (χ2v) is 8.91. The molecule has 1 fully saturated rings. The van der Waals surface area contributed by atoms with Gasteiger partial charge < -0.3 is 15.0 Å². The summed E-state index contributed by atoms with van der Waals surface area (Å²) in [5.41, 5.74) is 1.18. The number of rotatable bonds is 8. The van der Waals surface area contributed by atoms with Crippen LogP contribution in [0.1, 0.15) is 13.3 Å². The number of carbonyl (C=O) groups excluding carboxylic acids is 1. The Bertz CT molecular complexity index is 917. The van der Waals surface area contributed by atoms with E-state index in [2.05, 4.69) is 27.1 Å². The number of sulfonamides is 1. The smallest absolute Gasteiger partial charge is 0.241 e. The van der Waals surface area contributed by atoms with Gasteiger partial charge >= 0.3 is 0 Å². The normalized spacial score (nSPS) is 17.7. The van der Waals surface area contributed by atoms with Gasteiger partial charge in [-0.25, -0.2) is 8.42 Å². The zero-order chi connectivity index (χ0) is 20.9. The molecule has 2 aromatic rings. The summed E-state index contributed by atoms with van der Waals surface area (Å²) in [6.07, 6.45) is 0.987. The van der Waals surface area contributed by atoms with Crippen LogP contribution in [0.25, 0.3) is 0 Å². The summed E-state index contributed by atoms with van der Waals surface area (Å²) in [5, 5.41) is 2.88. The van der Waals surface area contributed by atoms with Gasteiger partial charge in [0.2, 0.25) is 15.9 Å². The van der Waals surface area contributed by atoms with Gasteiger partial charge in [-0.15, -0.1) is 0 Å². The van der Waals surface area contributed by atoms with Crippen LogP contribution >= 0.6 is 0 Å². The minimum absolute atomic E-state index is 0.0900. The van der Waals surface area contributed by atoms with Crippen LogP contribution in [0.4, 0.5) is 5.69 Å². The van der Waals surface area contributed by atoms with Gasteiger partial charge in [0, 0.05) is 25.3 Å². The Balaban J connectivity index is 1.49. The van der Waals surface area contributed by atoms with Crippen molar-refractivity contribution in [3.63, 3.8) is 0 Å². The van der Waals surface area contributed by atoms with Crippen LogP contribution < -0.4 is 19.7 Å². The number of anilines is 1. The summed E-state index contributed by atoms with van der Waals surface area (Å²) in [6, 6.07) is 15.3. The lowest BCUT2D eigenvalue weighted by Gasteiger charge is -2.19. The van der Waals surface area contributed by atoms with Crippen LogP contribution in [0.3, 0.4) is 0 Å². The molecule has 2 N–H and O–H groups in total. The molecule has 1 heterocycles. The number of ether oxygens (including phenoxy) is 1. The lowest BCUT2D eigenvalue weighted by atomic mass is 10.1. The number of nitrogens with one attached hydrogen (secondary N) is 2. The summed E-state index contributed by atoms with van der Waals surface area (Å²) in [6.45, 7) is 3.89. The first-order chi connectivity index (χ1) is 13.9. The van der Waals surface area contributed by atoms with E-state index in [-0.39, 0.29) is 10.8 Å². The number of benzene rings is 2. The Hall–Kier alpha value is -2.58. The van der Waals surface area contributed by atoms with Gasteiger partial charge in [0.05, 0.1) is 18.0 Å². The minimum Gasteiger partial charge on any atom is -0.497 e. The first-order valence-corrected chi connectivity index (χ1v) is 11.1. The number of para-hydroxylation sites is 1. The van der Waals surface area contributed by atoms with E-state index >= 15 is 0 Å². The molecule has 0 radical (unpaired) electrons. The molecular formula is C21H27N3O4S. The molecule has 156 valence electrons. The highest BCUT2D eigenvalue weighted by molar-refractivity contribution is 7.89. The molecule has 1 aliphatic heterocycles. The van der Waals surface area contributed by atoms with Gasteiger partial charge in [0.25, 0.3) is 0 Å². The van der Waals surface area contributed by atoms with Crippen molar-refractivity contribution in [2.75, 3.05) is 31.6 Å². The van der Waals surface area contributed by atoms with Crippen LogP contribution in [-0.2, 0) is 14.8 Å². The fourth-order valence-corrected chi connectivity index (χ4v) is 4.58. The van der Waals surface area contributed by atoms with E-state index in [1.54, 1.807) is 19.1 Å². The highest BCUT2D eigenvalue weighted by atomic mass is 32.2. The zero-order valence-corrected chi connectivity index (χ0v) is 17.5. The van der Waals surface area contributed by atoms with Gasteiger partial charge in [0.1, 0.15) is 5.75 Å². The third-order valence-electron chi connectivity index (χ3n) is 5.07. The van der Waals surface area contributed by atoms with Gasteiger partial charge in [-0.2, -0.15) is 4.72 Å². The third-order valence-corrected chi connectivity index (χ3v) is 6.62. The maximum absolute atomic E-state index is 12.5. The zero-order valence-electron chi connectivity index (χ0n) is 16.7. The lowest BCUT2D eigenvalue weighted by Crippen LogP contribution is -2.46. The Morgan fingerprint density at radius 3 is 2.52 bits per heavy atom. The Labute approximate surface area is 172 Å². The number of hydrogen-bond donors (Lipinski definition) is 2. The van der Waals surface area contributed by atoms with Gasteiger partial charge in [-0.05, 0) is 55.7 Å². The number of nitrogens with zero attached hydrogens (tertiary/aromatic N) is 1. The van der Waals surface area contributed by atoms with Crippen molar-refractivity contribution >= 4 is 21.6 Å². The molecule has 0 saturated carbocycles. The molecule has 29 heavy (non-hydrogen) atoms. The minimum atomic E-state index is -3.79. The number of carbonyl (C=O) groups is 1. The molecule has 7 nitrogen and oxygen atoms in total. The van der Waals surface area contributed by atoms with Crippen LogP contribution in [0.15, 0.2) is 59.5 Å². The monoisotopic (exact) mass is 417 g/mol. The first kappa shape index (κ1) is 21.1. The second-order valence-electron chi connectivity index (χ2n) is 7.20. The fourth-order valence-electron chi connectivity index (χ4n) is 3.38. The van der Waals surface area contributed by atoms with Gasteiger partial charge in [0.15, 0.2) is 0 Å². The van der Waals surface area contributed by atoms with Crippen molar-refractivity contribution in [2.24, 2.45) is 5.92 Å². The van der Waals surface area contributed by atoms with Crippen LogP contribution in [0.2, 0.25) is 0 Å². The summed E-state index contributed by atoms with van der Waals surface area (Å²) in [5.74, 6) is 0.570. The van der Waals surface area contributed by atoms with Crippen molar-refractivity contribution in [2.45, 2.75) is 24.3 Å². The van der Waals surface area contributed by atoms with Crippen molar-refractivity contribution in [3.05, 3.63) is 54.6 Å². The summed E-state index contributed by atoms with van der Waals surface area (Å²) >= 11 is 0. The molecular weight excluding hydrogens is 390 g/mol. The molecule has 3 rings (SSSR count). The predicted octanol–water partition coefficient (Wildman–Crippen LogP) is 2.00. The SMILES string of the molecule is COc1ccc(S(=O)(=O)N[C@@H](C)C(=O)NCC2CCN(c3ccccc3)C2)cc1. The van der Waals surface area contributed by atoms with Crippen molar-refractivity contribution in [3.8, 4) is 5.75 Å². The van der Waals surface area contributed by atoms with Gasteiger partial charge in [-0.1, -0.05) is 18.2 Å². The van der Waals surface area contributed by atoms with E-state index in [9.17, 15) is 13.2 Å². The van der Waals surface area contributed by atoms with E-state index in [0.29, 0.717) is 18.2 Å². The largest absolute Gasteiger partial charge is 0.497 e. The molecule has 2 aromatic carbocycles. The van der Waals surface area contributed by atoms with E-state index in [4.69, 9.17) is 4.74 Å². The fraction of sp³-hybridized carbons (Fsp3) is 0.381. The average Bonchev–Trinajstić information content (AvgIpc) is 3.21. The lowest BCUT2D eigenvalue weighted by molar-refractivity contribution is -0.122. The Kier molecular flexibility index (Phi) is 6.76. The van der Waals surface area contributed by atoms with Crippen molar-refractivity contribution in [1.29, 1.82) is 0 Å². The Morgan fingerprint density at radius 2 is 1.86 bits per heavy atom. The number of amides is 1. The molecule has 0 aromatic heterocycles. The quantitative estimate of drug-likeness (QED) is 0.686. The second kappa shape index (κ2) is 9.28. The maximum atomic E-state index is 12.5. The van der Waals surface area contributed by atoms with E-state index < -0.39 is 16.1 Å². The molecule has 0 aliphatic carbocycles. The summed E-state index contributed by atoms with van der Waals surface area (Å²) < 4.78 is 32.4. The Morgan fingerprint density at radius 1 is 1.17 bits per heavy atom. The molecule has 1 amide bonds. The number of hydrogen-bond acceptors (Lipinski definition) is 5. The predicted molar refractivity (Wildman–Crippen MR) is 113 cm³/mol. The highest BCUT2D eigenvalue weighted by Gasteiger charge is 2.25. The molecule has 8 heteroatoms. The maximum Gasteiger partial charge on any atom is 0.241 e. The van der Waals surface area contributed by atoms with E-state index in [1.807, 2.05) is 18.2 Å². The molecule has 0 bridgehead atoms. The van der Waals surface area contributed by atoms with E-state index in [0.717, 1.165) is 19.5 Å². The molecule has 1 unspecified atom stereocenters. The number of methoxy groups -OCH3 is 1.